The molecular formula is C15H17F3N4O4. The number of nitro groups is 1. The van der Waals surface area contributed by atoms with Gasteiger partial charge in [-0.2, -0.15) is 13.2 Å². The fourth-order valence-electron chi connectivity index (χ4n) is 2.37. The van der Waals surface area contributed by atoms with Crippen molar-refractivity contribution in [2.75, 3.05) is 25.1 Å². The van der Waals surface area contributed by atoms with Gasteiger partial charge in [0.05, 0.1) is 5.56 Å². The molecule has 1 aromatic carbocycles. The molecule has 0 radical (unpaired) electrons. The molecule has 0 spiro atoms. The molecule has 1 atom stereocenters. The number of hydrogen-bond donors (Lipinski definition) is 1. The Hall–Kier alpha value is -2.82. The lowest BCUT2D eigenvalue weighted by Crippen LogP contribution is -2.34. The number of rotatable bonds is 7. The molecule has 1 aromatic heterocycles. The maximum atomic E-state index is 12.5. The third-order valence-corrected chi connectivity index (χ3v) is 3.53. The number of aromatic nitrogens is 2. The van der Waals surface area contributed by atoms with Gasteiger partial charge in [-0.25, -0.2) is 0 Å². The zero-order chi connectivity index (χ0) is 19.5. The van der Waals surface area contributed by atoms with E-state index < -0.39 is 22.8 Å². The number of anilines is 1. The highest BCUT2D eigenvalue weighted by atomic mass is 19.4. The minimum atomic E-state index is -4.43. The molecule has 11 heteroatoms. The Kier molecular flexibility index (Phi) is 5.70. The van der Waals surface area contributed by atoms with E-state index in [0.29, 0.717) is 0 Å². The minimum Gasteiger partial charge on any atom is -0.491 e. The van der Waals surface area contributed by atoms with E-state index >= 15 is 0 Å². The number of aryl methyl sites for hydroxylation is 1. The average molecular weight is 374 g/mol. The Bertz CT molecular complexity index is 761. The third-order valence-electron chi connectivity index (χ3n) is 3.53. The molecule has 2 rings (SSSR count). The lowest BCUT2D eigenvalue weighted by Gasteiger charge is -2.22. The van der Waals surface area contributed by atoms with Crippen LogP contribution < -0.4 is 9.64 Å². The summed E-state index contributed by atoms with van der Waals surface area (Å²) in [4.78, 5) is 15.5. The van der Waals surface area contributed by atoms with Crippen LogP contribution in [0.4, 0.5) is 24.8 Å². The molecule has 26 heavy (non-hydrogen) atoms. The first-order valence-electron chi connectivity index (χ1n) is 7.44. The number of halogens is 3. The Morgan fingerprint density at radius 2 is 2.00 bits per heavy atom. The van der Waals surface area contributed by atoms with Crippen LogP contribution in [0.3, 0.4) is 0 Å². The second-order valence-electron chi connectivity index (χ2n) is 5.63. The maximum absolute atomic E-state index is 12.5. The molecule has 0 aliphatic carbocycles. The van der Waals surface area contributed by atoms with Crippen LogP contribution in [0.25, 0.3) is 0 Å². The summed E-state index contributed by atoms with van der Waals surface area (Å²) in [5.41, 5.74) is -0.798. The molecule has 0 saturated heterocycles. The molecule has 2 aromatic rings. The average Bonchev–Trinajstić information content (AvgIpc) is 2.94. The molecule has 8 nitrogen and oxygen atoms in total. The predicted molar refractivity (Wildman–Crippen MR) is 86.1 cm³/mol. The molecule has 0 bridgehead atoms. The fourth-order valence-corrected chi connectivity index (χ4v) is 2.37. The Balaban J connectivity index is 1.94. The Morgan fingerprint density at radius 1 is 1.38 bits per heavy atom. The quantitative estimate of drug-likeness (QED) is 0.590. The van der Waals surface area contributed by atoms with E-state index in [9.17, 15) is 28.4 Å². The number of ether oxygens (including phenoxy) is 1. The standard InChI is InChI=1S/C15H17F3N4O4/c1-20(14-13(22(24)25)19-9-21(14)2)7-11(23)8-26-12-5-3-10(4-6-12)15(16,17)18/h3-6,9,11,23H,7-8H2,1-2H3/t11-/m0/s1. The topological polar surface area (TPSA) is 93.7 Å². The largest absolute Gasteiger partial charge is 0.491 e. The zero-order valence-corrected chi connectivity index (χ0v) is 14.0. The predicted octanol–water partition coefficient (Wildman–Crippen LogP) is 2.22. The first-order valence-corrected chi connectivity index (χ1v) is 7.44. The number of likely N-dealkylation sites (N-methyl/N-ethyl adjacent to an activating group) is 1. The molecule has 0 saturated carbocycles. The fraction of sp³-hybridized carbons (Fsp3) is 0.400. The van der Waals surface area contributed by atoms with Crippen molar-refractivity contribution in [3.8, 4) is 5.75 Å². The molecule has 0 fully saturated rings. The van der Waals surface area contributed by atoms with Gasteiger partial charge < -0.3 is 24.9 Å². The van der Waals surface area contributed by atoms with Gasteiger partial charge in [0, 0.05) is 20.6 Å². The summed E-state index contributed by atoms with van der Waals surface area (Å²) in [7, 11) is 3.13. The highest BCUT2D eigenvalue weighted by molar-refractivity contribution is 5.54. The van der Waals surface area contributed by atoms with E-state index in [1.807, 2.05) is 0 Å². The van der Waals surface area contributed by atoms with Gasteiger partial charge in [0.1, 0.15) is 18.5 Å². The van der Waals surface area contributed by atoms with Gasteiger partial charge in [-0.3, -0.25) is 4.57 Å². The summed E-state index contributed by atoms with van der Waals surface area (Å²) >= 11 is 0. The molecule has 1 N–H and O–H groups in total. The molecule has 0 amide bonds. The van der Waals surface area contributed by atoms with Crippen molar-refractivity contribution in [3.05, 3.63) is 46.3 Å². The summed E-state index contributed by atoms with van der Waals surface area (Å²) in [5.74, 6) is 0.0423. The van der Waals surface area contributed by atoms with E-state index in [1.54, 1.807) is 14.1 Å². The number of aliphatic hydroxyl groups excluding tert-OH is 1. The lowest BCUT2D eigenvalue weighted by atomic mass is 10.2. The van der Waals surface area contributed by atoms with Crippen molar-refractivity contribution in [1.29, 1.82) is 0 Å². The lowest BCUT2D eigenvalue weighted by molar-refractivity contribution is -0.388. The van der Waals surface area contributed by atoms with Gasteiger partial charge in [-0.15, -0.1) is 0 Å². The molecule has 0 aliphatic rings. The summed E-state index contributed by atoms with van der Waals surface area (Å²) in [6.07, 6.45) is -4.18. The molecule has 0 unspecified atom stereocenters. The van der Waals surface area contributed by atoms with E-state index in [2.05, 4.69) is 4.98 Å². The van der Waals surface area contributed by atoms with Crippen LogP contribution in [0.5, 0.6) is 5.75 Å². The summed E-state index contributed by atoms with van der Waals surface area (Å²) in [6, 6.07) is 4.08. The van der Waals surface area contributed by atoms with Crippen LogP contribution in [-0.2, 0) is 13.2 Å². The van der Waals surface area contributed by atoms with Crippen LogP contribution in [0, 0.1) is 10.1 Å². The first-order chi connectivity index (χ1) is 12.1. The van der Waals surface area contributed by atoms with Crippen molar-refractivity contribution >= 4 is 11.6 Å². The highest BCUT2D eigenvalue weighted by Crippen LogP contribution is 2.30. The van der Waals surface area contributed by atoms with Crippen LogP contribution in [-0.4, -0.2) is 45.9 Å². The van der Waals surface area contributed by atoms with Gasteiger partial charge in [0.25, 0.3) is 0 Å². The Morgan fingerprint density at radius 3 is 2.54 bits per heavy atom. The number of alkyl halides is 3. The second-order valence-corrected chi connectivity index (χ2v) is 5.63. The maximum Gasteiger partial charge on any atom is 0.416 e. The molecule has 1 heterocycles. The molecule has 142 valence electrons. The normalized spacial score (nSPS) is 12.7. The van der Waals surface area contributed by atoms with Crippen molar-refractivity contribution in [3.63, 3.8) is 0 Å². The van der Waals surface area contributed by atoms with Crippen LogP contribution in [0.15, 0.2) is 30.6 Å². The second kappa shape index (κ2) is 7.60. The zero-order valence-electron chi connectivity index (χ0n) is 14.0. The summed E-state index contributed by atoms with van der Waals surface area (Å²) in [6.45, 7) is -0.192. The number of hydrogen-bond acceptors (Lipinski definition) is 6. The van der Waals surface area contributed by atoms with Crippen molar-refractivity contribution in [2.24, 2.45) is 7.05 Å². The van der Waals surface area contributed by atoms with Crippen LogP contribution >= 0.6 is 0 Å². The van der Waals surface area contributed by atoms with Crippen molar-refractivity contribution in [1.82, 2.24) is 9.55 Å². The van der Waals surface area contributed by atoms with Crippen LogP contribution in [0.2, 0.25) is 0 Å². The first kappa shape index (κ1) is 19.5. The number of aliphatic hydroxyl groups is 1. The van der Waals surface area contributed by atoms with E-state index in [-0.39, 0.29) is 30.5 Å². The van der Waals surface area contributed by atoms with E-state index in [4.69, 9.17) is 4.74 Å². The summed E-state index contributed by atoms with van der Waals surface area (Å²) in [5, 5.41) is 21.0. The van der Waals surface area contributed by atoms with Crippen molar-refractivity contribution < 1.29 is 27.9 Å². The van der Waals surface area contributed by atoms with Gasteiger partial charge in [0.15, 0.2) is 0 Å². The Labute approximate surface area is 146 Å². The number of nitrogens with zero attached hydrogens (tertiary/aromatic N) is 4. The van der Waals surface area contributed by atoms with Crippen molar-refractivity contribution in [2.45, 2.75) is 12.3 Å². The highest BCUT2D eigenvalue weighted by Gasteiger charge is 2.30. The minimum absolute atomic E-state index is 0.00100. The van der Waals surface area contributed by atoms with Gasteiger partial charge in [-0.05, 0) is 34.2 Å². The van der Waals surface area contributed by atoms with E-state index in [1.165, 1.54) is 15.8 Å². The van der Waals surface area contributed by atoms with Gasteiger partial charge in [0.2, 0.25) is 12.1 Å². The van der Waals surface area contributed by atoms with E-state index in [0.717, 1.165) is 24.3 Å². The monoisotopic (exact) mass is 374 g/mol. The number of benzene rings is 1. The van der Waals surface area contributed by atoms with Crippen LogP contribution in [0.1, 0.15) is 5.56 Å². The smallest absolute Gasteiger partial charge is 0.416 e. The molecular weight excluding hydrogens is 357 g/mol. The summed E-state index contributed by atoms with van der Waals surface area (Å²) < 4.78 is 44.2. The SMILES string of the molecule is CN(C[C@H](O)COc1ccc(C(F)(F)F)cc1)c1c([N+](=O)[O-])ncn1C. The van der Waals surface area contributed by atoms with Gasteiger partial charge >= 0.3 is 12.0 Å². The van der Waals surface area contributed by atoms with Gasteiger partial charge in [-0.1, -0.05) is 0 Å². The number of imidazole rings is 1. The molecule has 0 aliphatic heterocycles. The third kappa shape index (κ3) is 4.63.